The molecule has 0 bridgehead atoms. The van der Waals surface area contributed by atoms with Crippen LogP contribution in [0.2, 0.25) is 0 Å². The predicted molar refractivity (Wildman–Crippen MR) is 60.8 cm³/mol. The first-order chi connectivity index (χ1) is 7.17. The molecule has 1 aromatic carbocycles. The van der Waals surface area contributed by atoms with Gasteiger partial charge in [0.1, 0.15) is 12.4 Å². The van der Waals surface area contributed by atoms with Crippen molar-refractivity contribution in [2.24, 2.45) is 0 Å². The van der Waals surface area contributed by atoms with E-state index in [4.69, 9.17) is 10.00 Å². The second-order valence-corrected chi connectivity index (χ2v) is 3.48. The molecule has 0 heterocycles. The molecule has 15 heavy (non-hydrogen) atoms. The first kappa shape index (κ1) is 11.3. The standard InChI is InChI=1S/C13H15NO/c1-4-10(2)9-15-13-7-12(8-14)6-5-11(13)3/h5-7H,2,4,9H2,1,3H3. The predicted octanol–water partition coefficient (Wildman–Crippen LogP) is 3.21. The molecule has 1 rings (SSSR count). The van der Waals surface area contributed by atoms with Crippen LogP contribution in [0.3, 0.4) is 0 Å². The Kier molecular flexibility index (Phi) is 3.93. The van der Waals surface area contributed by atoms with Crippen LogP contribution in [0.15, 0.2) is 30.4 Å². The summed E-state index contributed by atoms with van der Waals surface area (Å²) < 4.78 is 5.58. The van der Waals surface area contributed by atoms with Gasteiger partial charge in [-0.05, 0) is 36.6 Å². The number of ether oxygens (including phenoxy) is 1. The SMILES string of the molecule is C=C(CC)COc1cc(C#N)ccc1C. The number of hydrogen-bond donors (Lipinski definition) is 0. The van der Waals surface area contributed by atoms with Crippen LogP contribution in [0.1, 0.15) is 24.5 Å². The Morgan fingerprint density at radius 1 is 1.53 bits per heavy atom. The van der Waals surface area contributed by atoms with Gasteiger partial charge < -0.3 is 4.74 Å². The molecular weight excluding hydrogens is 186 g/mol. The fourth-order valence-corrected chi connectivity index (χ4v) is 1.11. The molecule has 0 saturated carbocycles. The van der Waals surface area contributed by atoms with E-state index < -0.39 is 0 Å². The minimum atomic E-state index is 0.520. The molecule has 0 aliphatic carbocycles. The number of benzene rings is 1. The Bertz CT molecular complexity index is 401. The van der Waals surface area contributed by atoms with Gasteiger partial charge in [0.25, 0.3) is 0 Å². The van der Waals surface area contributed by atoms with Crippen molar-refractivity contribution in [2.45, 2.75) is 20.3 Å². The molecule has 1 aromatic rings. The van der Waals surface area contributed by atoms with Gasteiger partial charge in [-0.15, -0.1) is 0 Å². The van der Waals surface area contributed by atoms with Crippen LogP contribution < -0.4 is 4.74 Å². The molecule has 0 atom stereocenters. The van der Waals surface area contributed by atoms with Gasteiger partial charge in [0, 0.05) is 0 Å². The van der Waals surface area contributed by atoms with Gasteiger partial charge in [-0.25, -0.2) is 0 Å². The average Bonchev–Trinajstić information content (AvgIpc) is 2.27. The van der Waals surface area contributed by atoms with Gasteiger partial charge in [0.2, 0.25) is 0 Å². The molecule has 0 saturated heterocycles. The molecule has 0 aliphatic rings. The summed E-state index contributed by atoms with van der Waals surface area (Å²) in [7, 11) is 0. The molecule has 0 radical (unpaired) electrons. The monoisotopic (exact) mass is 201 g/mol. The number of rotatable bonds is 4. The molecule has 2 heteroatoms. The van der Waals surface area contributed by atoms with E-state index in [2.05, 4.69) is 12.6 Å². The molecule has 0 unspecified atom stereocenters. The van der Waals surface area contributed by atoms with Crippen LogP contribution in [-0.2, 0) is 0 Å². The van der Waals surface area contributed by atoms with Gasteiger partial charge in [-0.1, -0.05) is 19.6 Å². The topological polar surface area (TPSA) is 33.0 Å². The minimum absolute atomic E-state index is 0.520. The summed E-state index contributed by atoms with van der Waals surface area (Å²) in [5.74, 6) is 0.767. The van der Waals surface area contributed by atoms with Crippen LogP contribution in [0.25, 0.3) is 0 Å². The zero-order chi connectivity index (χ0) is 11.3. The maximum Gasteiger partial charge on any atom is 0.124 e. The van der Waals surface area contributed by atoms with E-state index in [-0.39, 0.29) is 0 Å². The highest BCUT2D eigenvalue weighted by Gasteiger charge is 2.01. The van der Waals surface area contributed by atoms with Crippen LogP contribution >= 0.6 is 0 Å². The normalized spacial score (nSPS) is 9.40. The summed E-state index contributed by atoms with van der Waals surface area (Å²) in [5, 5.41) is 8.75. The van der Waals surface area contributed by atoms with Crippen molar-refractivity contribution in [2.75, 3.05) is 6.61 Å². The van der Waals surface area contributed by atoms with Crippen molar-refractivity contribution in [3.8, 4) is 11.8 Å². The Labute approximate surface area is 90.8 Å². The molecule has 0 aromatic heterocycles. The second kappa shape index (κ2) is 5.21. The van der Waals surface area contributed by atoms with Crippen molar-refractivity contribution in [1.29, 1.82) is 5.26 Å². The van der Waals surface area contributed by atoms with E-state index in [0.29, 0.717) is 12.2 Å². The van der Waals surface area contributed by atoms with E-state index in [1.807, 2.05) is 19.9 Å². The van der Waals surface area contributed by atoms with E-state index >= 15 is 0 Å². The third-order valence-corrected chi connectivity index (χ3v) is 2.25. The Hall–Kier alpha value is -1.75. The lowest BCUT2D eigenvalue weighted by molar-refractivity contribution is 0.346. The van der Waals surface area contributed by atoms with Crippen LogP contribution in [-0.4, -0.2) is 6.61 Å². The van der Waals surface area contributed by atoms with E-state index in [9.17, 15) is 0 Å². The van der Waals surface area contributed by atoms with Crippen molar-refractivity contribution in [3.05, 3.63) is 41.5 Å². The second-order valence-electron chi connectivity index (χ2n) is 3.48. The summed E-state index contributed by atoms with van der Waals surface area (Å²) in [6.45, 7) is 8.40. The van der Waals surface area contributed by atoms with Gasteiger partial charge >= 0.3 is 0 Å². The van der Waals surface area contributed by atoms with E-state index in [1.165, 1.54) is 0 Å². The largest absolute Gasteiger partial charge is 0.489 e. The smallest absolute Gasteiger partial charge is 0.124 e. The Morgan fingerprint density at radius 2 is 2.27 bits per heavy atom. The number of nitriles is 1. The highest BCUT2D eigenvalue weighted by molar-refractivity contribution is 5.41. The summed E-state index contributed by atoms with van der Waals surface area (Å²) in [4.78, 5) is 0. The van der Waals surface area contributed by atoms with Gasteiger partial charge in [-0.3, -0.25) is 0 Å². The minimum Gasteiger partial charge on any atom is -0.489 e. The van der Waals surface area contributed by atoms with Crippen LogP contribution in [0.5, 0.6) is 5.75 Å². The maximum absolute atomic E-state index is 8.75. The summed E-state index contributed by atoms with van der Waals surface area (Å²) in [5.41, 5.74) is 2.72. The Balaban J connectivity index is 2.76. The molecule has 0 aliphatic heterocycles. The molecule has 0 N–H and O–H groups in total. The molecule has 0 fully saturated rings. The highest BCUT2D eigenvalue weighted by atomic mass is 16.5. The zero-order valence-corrected chi connectivity index (χ0v) is 9.21. The fourth-order valence-electron chi connectivity index (χ4n) is 1.11. The maximum atomic E-state index is 8.75. The summed E-state index contributed by atoms with van der Waals surface area (Å²) in [6.07, 6.45) is 0.914. The van der Waals surface area contributed by atoms with Crippen molar-refractivity contribution >= 4 is 0 Å². The lowest BCUT2D eigenvalue weighted by Gasteiger charge is -2.09. The highest BCUT2D eigenvalue weighted by Crippen LogP contribution is 2.19. The number of aryl methyl sites for hydroxylation is 1. The van der Waals surface area contributed by atoms with Gasteiger partial charge in [0.15, 0.2) is 0 Å². The van der Waals surface area contributed by atoms with E-state index in [0.717, 1.165) is 23.3 Å². The molecule has 2 nitrogen and oxygen atoms in total. The first-order valence-corrected chi connectivity index (χ1v) is 4.97. The quantitative estimate of drug-likeness (QED) is 0.701. The van der Waals surface area contributed by atoms with Gasteiger partial charge in [-0.2, -0.15) is 5.26 Å². The van der Waals surface area contributed by atoms with Crippen molar-refractivity contribution < 1.29 is 4.74 Å². The third-order valence-electron chi connectivity index (χ3n) is 2.25. The van der Waals surface area contributed by atoms with Crippen molar-refractivity contribution in [1.82, 2.24) is 0 Å². The third kappa shape index (κ3) is 3.14. The fraction of sp³-hybridized carbons (Fsp3) is 0.308. The number of hydrogen-bond acceptors (Lipinski definition) is 2. The molecule has 0 spiro atoms. The van der Waals surface area contributed by atoms with Crippen molar-refractivity contribution in [3.63, 3.8) is 0 Å². The van der Waals surface area contributed by atoms with Crippen LogP contribution in [0.4, 0.5) is 0 Å². The average molecular weight is 201 g/mol. The first-order valence-electron chi connectivity index (χ1n) is 4.97. The van der Waals surface area contributed by atoms with Crippen LogP contribution in [0, 0.1) is 18.3 Å². The molecule has 78 valence electrons. The van der Waals surface area contributed by atoms with Gasteiger partial charge in [0.05, 0.1) is 11.6 Å². The zero-order valence-electron chi connectivity index (χ0n) is 9.21. The summed E-state index contributed by atoms with van der Waals surface area (Å²) in [6, 6.07) is 7.54. The lowest BCUT2D eigenvalue weighted by Crippen LogP contribution is -2.01. The molecule has 0 amide bonds. The Morgan fingerprint density at radius 3 is 2.87 bits per heavy atom. The number of nitrogens with zero attached hydrogens (tertiary/aromatic N) is 1. The lowest BCUT2D eigenvalue weighted by atomic mass is 10.1. The molecular formula is C13H15NO. The van der Waals surface area contributed by atoms with E-state index in [1.54, 1.807) is 12.1 Å². The summed E-state index contributed by atoms with van der Waals surface area (Å²) >= 11 is 0.